The number of para-hydroxylation sites is 2. The van der Waals surface area contributed by atoms with Gasteiger partial charge in [0.05, 0.1) is 12.3 Å². The number of benzene rings is 1. The van der Waals surface area contributed by atoms with Crippen molar-refractivity contribution in [2.24, 2.45) is 5.92 Å². The second-order valence-electron chi connectivity index (χ2n) is 5.07. The van der Waals surface area contributed by atoms with Gasteiger partial charge in [-0.15, -0.1) is 0 Å². The molecule has 0 heterocycles. The zero-order valence-electron chi connectivity index (χ0n) is 10.9. The van der Waals surface area contributed by atoms with Crippen LogP contribution in [-0.2, 0) is 0 Å². The summed E-state index contributed by atoms with van der Waals surface area (Å²) in [5.74, 6) is 1.94. The van der Waals surface area contributed by atoms with Crippen molar-refractivity contribution in [3.63, 3.8) is 0 Å². The Kier molecular flexibility index (Phi) is 4.29. The van der Waals surface area contributed by atoms with E-state index in [1.165, 1.54) is 19.3 Å². The highest BCUT2D eigenvalue weighted by molar-refractivity contribution is 5.56. The highest BCUT2D eigenvalue weighted by Crippen LogP contribution is 2.34. The van der Waals surface area contributed by atoms with Gasteiger partial charge in [0, 0.05) is 6.04 Å². The topological polar surface area (TPSA) is 21.3 Å². The van der Waals surface area contributed by atoms with Crippen LogP contribution in [-0.4, -0.2) is 12.6 Å². The van der Waals surface area contributed by atoms with E-state index < -0.39 is 0 Å². The maximum atomic E-state index is 5.75. The highest BCUT2D eigenvalue weighted by Gasteiger charge is 2.23. The van der Waals surface area contributed by atoms with E-state index in [4.69, 9.17) is 4.74 Å². The fourth-order valence-electron chi connectivity index (χ4n) is 2.10. The molecule has 0 radical (unpaired) electrons. The third kappa shape index (κ3) is 3.95. The van der Waals surface area contributed by atoms with E-state index in [-0.39, 0.29) is 0 Å². The summed E-state index contributed by atoms with van der Waals surface area (Å²) in [7, 11) is 0. The molecule has 1 unspecified atom stereocenters. The van der Waals surface area contributed by atoms with Crippen LogP contribution in [0.4, 0.5) is 5.69 Å². The first-order valence-electron chi connectivity index (χ1n) is 6.78. The zero-order valence-corrected chi connectivity index (χ0v) is 10.9. The molecule has 1 fully saturated rings. The van der Waals surface area contributed by atoms with E-state index >= 15 is 0 Å². The maximum Gasteiger partial charge on any atom is 0.142 e. The van der Waals surface area contributed by atoms with Crippen molar-refractivity contribution in [1.82, 2.24) is 0 Å². The first-order chi connectivity index (χ1) is 8.29. The van der Waals surface area contributed by atoms with Crippen molar-refractivity contribution in [3.8, 4) is 5.75 Å². The third-order valence-electron chi connectivity index (χ3n) is 3.13. The zero-order chi connectivity index (χ0) is 12.1. The Labute approximate surface area is 104 Å². The van der Waals surface area contributed by atoms with Gasteiger partial charge in [0.1, 0.15) is 5.75 Å². The van der Waals surface area contributed by atoms with Crippen LogP contribution in [0.25, 0.3) is 0 Å². The summed E-state index contributed by atoms with van der Waals surface area (Å²) in [4.78, 5) is 0. The lowest BCUT2D eigenvalue weighted by molar-refractivity contribution is 0.318. The third-order valence-corrected chi connectivity index (χ3v) is 3.13. The van der Waals surface area contributed by atoms with Crippen molar-refractivity contribution in [3.05, 3.63) is 24.3 Å². The molecule has 2 heteroatoms. The maximum absolute atomic E-state index is 5.75. The van der Waals surface area contributed by atoms with Crippen LogP contribution in [0.2, 0.25) is 0 Å². The van der Waals surface area contributed by atoms with Crippen molar-refractivity contribution in [2.75, 3.05) is 11.9 Å². The molecule has 1 aromatic rings. The standard InChI is InChI=1S/C15H23NO/c1-3-10-17-15-7-5-4-6-14(15)16-12(2)11-13-8-9-13/h4-7,12-13,16H,3,8-11H2,1-2H3. The Morgan fingerprint density at radius 3 is 2.82 bits per heavy atom. The SMILES string of the molecule is CCCOc1ccccc1NC(C)CC1CC1. The number of rotatable bonds is 7. The molecule has 1 N–H and O–H groups in total. The molecule has 0 spiro atoms. The molecular weight excluding hydrogens is 210 g/mol. The molecule has 1 aliphatic carbocycles. The van der Waals surface area contributed by atoms with E-state index in [1.54, 1.807) is 0 Å². The first-order valence-corrected chi connectivity index (χ1v) is 6.78. The minimum atomic E-state index is 0.536. The second-order valence-corrected chi connectivity index (χ2v) is 5.07. The van der Waals surface area contributed by atoms with Gasteiger partial charge in [-0.2, -0.15) is 0 Å². The van der Waals surface area contributed by atoms with Gasteiger partial charge in [-0.1, -0.05) is 31.9 Å². The molecule has 1 atom stereocenters. The van der Waals surface area contributed by atoms with Crippen molar-refractivity contribution in [1.29, 1.82) is 0 Å². The molecule has 0 saturated heterocycles. The van der Waals surface area contributed by atoms with E-state index in [1.807, 2.05) is 12.1 Å². The smallest absolute Gasteiger partial charge is 0.142 e. The summed E-state index contributed by atoms with van der Waals surface area (Å²) in [6, 6.07) is 8.78. The summed E-state index contributed by atoms with van der Waals surface area (Å²) >= 11 is 0. The number of anilines is 1. The summed E-state index contributed by atoms with van der Waals surface area (Å²) in [6.45, 7) is 5.18. The van der Waals surface area contributed by atoms with Gasteiger partial charge >= 0.3 is 0 Å². The monoisotopic (exact) mass is 233 g/mol. The number of hydrogen-bond acceptors (Lipinski definition) is 2. The van der Waals surface area contributed by atoms with Gasteiger partial charge in [0.15, 0.2) is 0 Å². The lowest BCUT2D eigenvalue weighted by atomic mass is 10.1. The fraction of sp³-hybridized carbons (Fsp3) is 0.600. The Hall–Kier alpha value is -1.18. The van der Waals surface area contributed by atoms with Crippen LogP contribution in [0.15, 0.2) is 24.3 Å². The van der Waals surface area contributed by atoms with Crippen LogP contribution in [0.3, 0.4) is 0 Å². The number of ether oxygens (including phenoxy) is 1. The molecule has 1 aromatic carbocycles. The molecule has 17 heavy (non-hydrogen) atoms. The average molecular weight is 233 g/mol. The Morgan fingerprint density at radius 2 is 2.12 bits per heavy atom. The van der Waals surface area contributed by atoms with Gasteiger partial charge in [-0.05, 0) is 37.8 Å². The highest BCUT2D eigenvalue weighted by atomic mass is 16.5. The molecule has 0 aliphatic heterocycles. The first kappa shape index (κ1) is 12.3. The Balaban J connectivity index is 1.92. The van der Waals surface area contributed by atoms with Crippen LogP contribution >= 0.6 is 0 Å². The van der Waals surface area contributed by atoms with Gasteiger partial charge in [-0.3, -0.25) is 0 Å². The Morgan fingerprint density at radius 1 is 1.35 bits per heavy atom. The lowest BCUT2D eigenvalue weighted by Gasteiger charge is -2.18. The van der Waals surface area contributed by atoms with Crippen molar-refractivity contribution >= 4 is 5.69 Å². The molecule has 1 aliphatic rings. The normalized spacial score (nSPS) is 16.6. The minimum Gasteiger partial charge on any atom is -0.491 e. The van der Waals surface area contributed by atoms with E-state index in [0.29, 0.717) is 6.04 Å². The summed E-state index contributed by atoms with van der Waals surface area (Å²) < 4.78 is 5.75. The molecule has 0 bridgehead atoms. The Bertz CT molecular complexity index is 347. The molecule has 94 valence electrons. The van der Waals surface area contributed by atoms with Crippen LogP contribution in [0.1, 0.15) is 39.5 Å². The number of hydrogen-bond donors (Lipinski definition) is 1. The predicted octanol–water partition coefficient (Wildman–Crippen LogP) is 4.08. The van der Waals surface area contributed by atoms with E-state index in [2.05, 4.69) is 31.3 Å². The largest absolute Gasteiger partial charge is 0.491 e. The summed E-state index contributed by atoms with van der Waals surface area (Å²) in [5.41, 5.74) is 1.13. The van der Waals surface area contributed by atoms with E-state index in [9.17, 15) is 0 Å². The van der Waals surface area contributed by atoms with Gasteiger partial charge < -0.3 is 10.1 Å². The average Bonchev–Trinajstić information content (AvgIpc) is 3.11. The lowest BCUT2D eigenvalue weighted by Crippen LogP contribution is -2.16. The fourth-order valence-corrected chi connectivity index (χ4v) is 2.10. The predicted molar refractivity (Wildman–Crippen MR) is 72.7 cm³/mol. The van der Waals surface area contributed by atoms with Crippen LogP contribution < -0.4 is 10.1 Å². The van der Waals surface area contributed by atoms with Crippen LogP contribution in [0, 0.1) is 5.92 Å². The second kappa shape index (κ2) is 5.95. The molecule has 0 amide bonds. The quantitative estimate of drug-likeness (QED) is 0.766. The van der Waals surface area contributed by atoms with Gasteiger partial charge in [-0.25, -0.2) is 0 Å². The molecule has 2 rings (SSSR count). The van der Waals surface area contributed by atoms with E-state index in [0.717, 1.165) is 30.4 Å². The van der Waals surface area contributed by atoms with Crippen LogP contribution in [0.5, 0.6) is 5.75 Å². The summed E-state index contributed by atoms with van der Waals surface area (Å²) in [6.07, 6.45) is 5.16. The molecule has 0 aromatic heterocycles. The summed E-state index contributed by atoms with van der Waals surface area (Å²) in [5, 5.41) is 3.57. The van der Waals surface area contributed by atoms with Crippen molar-refractivity contribution in [2.45, 2.75) is 45.6 Å². The van der Waals surface area contributed by atoms with Gasteiger partial charge in [0.25, 0.3) is 0 Å². The minimum absolute atomic E-state index is 0.536. The van der Waals surface area contributed by atoms with Gasteiger partial charge in [0.2, 0.25) is 0 Å². The number of nitrogens with one attached hydrogen (secondary N) is 1. The molecule has 1 saturated carbocycles. The van der Waals surface area contributed by atoms with Crippen molar-refractivity contribution < 1.29 is 4.74 Å². The molecular formula is C15H23NO. The molecule has 2 nitrogen and oxygen atoms in total.